The number of benzene rings is 2. The standard InChI is InChI=1S/C18H12Cl2FNO2/c1-10-2-4-12(19)9-15(10)22-18(23)17-7-6-16(24-17)11-3-5-14(21)13(20)8-11/h2-9H,1H3,(H,22,23). The molecule has 1 heterocycles. The number of furan rings is 1. The molecule has 3 rings (SSSR count). The maximum absolute atomic E-state index is 13.2. The van der Waals surface area contributed by atoms with Crippen molar-refractivity contribution in [2.45, 2.75) is 6.92 Å². The Bertz CT molecular complexity index is 921. The molecule has 0 saturated heterocycles. The Morgan fingerprint density at radius 1 is 1.08 bits per heavy atom. The molecule has 0 spiro atoms. The summed E-state index contributed by atoms with van der Waals surface area (Å²) in [4.78, 5) is 12.3. The quantitative estimate of drug-likeness (QED) is 0.624. The summed E-state index contributed by atoms with van der Waals surface area (Å²) in [5.41, 5.74) is 2.07. The van der Waals surface area contributed by atoms with Crippen LogP contribution < -0.4 is 5.32 Å². The number of halogens is 3. The van der Waals surface area contributed by atoms with Crippen LogP contribution in [0.4, 0.5) is 10.1 Å². The predicted octanol–water partition coefficient (Wildman–Crippen LogP) is 5.95. The number of aryl methyl sites for hydroxylation is 1. The van der Waals surface area contributed by atoms with Crippen LogP contribution in [0, 0.1) is 12.7 Å². The summed E-state index contributed by atoms with van der Waals surface area (Å²) in [6.07, 6.45) is 0. The van der Waals surface area contributed by atoms with Crippen LogP contribution in [0.15, 0.2) is 52.9 Å². The minimum absolute atomic E-state index is 0.00977. The molecule has 1 amide bonds. The van der Waals surface area contributed by atoms with Crippen LogP contribution in [-0.4, -0.2) is 5.91 Å². The second kappa shape index (κ2) is 6.67. The molecule has 3 nitrogen and oxygen atoms in total. The fraction of sp³-hybridized carbons (Fsp3) is 0.0556. The van der Waals surface area contributed by atoms with Gasteiger partial charge in [0.25, 0.3) is 5.91 Å². The van der Waals surface area contributed by atoms with Crippen molar-refractivity contribution < 1.29 is 13.6 Å². The van der Waals surface area contributed by atoms with E-state index in [2.05, 4.69) is 5.32 Å². The maximum Gasteiger partial charge on any atom is 0.291 e. The lowest BCUT2D eigenvalue weighted by Gasteiger charge is -2.07. The van der Waals surface area contributed by atoms with Gasteiger partial charge in [0.1, 0.15) is 11.6 Å². The van der Waals surface area contributed by atoms with Crippen molar-refractivity contribution in [3.63, 3.8) is 0 Å². The Hall–Kier alpha value is -2.30. The zero-order valence-electron chi connectivity index (χ0n) is 12.6. The van der Waals surface area contributed by atoms with Gasteiger partial charge in [-0.25, -0.2) is 4.39 Å². The Morgan fingerprint density at radius 3 is 2.62 bits per heavy atom. The van der Waals surface area contributed by atoms with Gasteiger partial charge in [-0.1, -0.05) is 29.3 Å². The van der Waals surface area contributed by atoms with Crippen LogP contribution in [0.25, 0.3) is 11.3 Å². The van der Waals surface area contributed by atoms with E-state index in [1.165, 1.54) is 18.2 Å². The molecule has 0 atom stereocenters. The lowest BCUT2D eigenvalue weighted by atomic mass is 10.2. The highest BCUT2D eigenvalue weighted by Crippen LogP contribution is 2.27. The van der Waals surface area contributed by atoms with E-state index in [1.807, 2.05) is 13.0 Å². The minimum Gasteiger partial charge on any atom is -0.451 e. The number of hydrogen-bond donors (Lipinski definition) is 1. The van der Waals surface area contributed by atoms with Crippen molar-refractivity contribution in [2.75, 3.05) is 5.32 Å². The van der Waals surface area contributed by atoms with Gasteiger partial charge in [0, 0.05) is 16.3 Å². The number of rotatable bonds is 3. The lowest BCUT2D eigenvalue weighted by Crippen LogP contribution is -2.11. The third-order valence-corrected chi connectivity index (χ3v) is 4.01. The van der Waals surface area contributed by atoms with Gasteiger partial charge in [0.2, 0.25) is 0 Å². The van der Waals surface area contributed by atoms with Crippen LogP contribution in [-0.2, 0) is 0 Å². The number of hydrogen-bond acceptors (Lipinski definition) is 2. The molecule has 24 heavy (non-hydrogen) atoms. The highest BCUT2D eigenvalue weighted by molar-refractivity contribution is 6.31. The Kier molecular flexibility index (Phi) is 4.60. The second-order valence-electron chi connectivity index (χ2n) is 5.21. The molecule has 6 heteroatoms. The van der Waals surface area contributed by atoms with E-state index in [0.29, 0.717) is 22.0 Å². The molecular formula is C18H12Cl2FNO2. The molecule has 0 unspecified atom stereocenters. The summed E-state index contributed by atoms with van der Waals surface area (Å²) in [5.74, 6) is -0.365. The van der Waals surface area contributed by atoms with E-state index < -0.39 is 11.7 Å². The first-order valence-electron chi connectivity index (χ1n) is 7.07. The fourth-order valence-electron chi connectivity index (χ4n) is 2.18. The van der Waals surface area contributed by atoms with Crippen molar-refractivity contribution >= 4 is 34.8 Å². The summed E-state index contributed by atoms with van der Waals surface area (Å²) < 4.78 is 18.8. The van der Waals surface area contributed by atoms with Gasteiger partial charge in [0.05, 0.1) is 5.02 Å². The van der Waals surface area contributed by atoms with E-state index in [4.69, 9.17) is 27.6 Å². The SMILES string of the molecule is Cc1ccc(Cl)cc1NC(=O)c1ccc(-c2ccc(F)c(Cl)c2)o1. The third kappa shape index (κ3) is 3.45. The molecule has 3 aromatic rings. The van der Waals surface area contributed by atoms with Crippen molar-refractivity contribution in [2.24, 2.45) is 0 Å². The summed E-state index contributed by atoms with van der Waals surface area (Å²) >= 11 is 11.7. The number of nitrogens with one attached hydrogen (secondary N) is 1. The zero-order chi connectivity index (χ0) is 17.3. The molecule has 0 fully saturated rings. The van der Waals surface area contributed by atoms with Gasteiger partial charge in [0.15, 0.2) is 5.76 Å². The van der Waals surface area contributed by atoms with Gasteiger partial charge in [-0.05, 0) is 55.0 Å². The van der Waals surface area contributed by atoms with Gasteiger partial charge in [-0.3, -0.25) is 4.79 Å². The molecule has 0 radical (unpaired) electrons. The molecule has 0 saturated carbocycles. The second-order valence-corrected chi connectivity index (χ2v) is 6.05. The average molecular weight is 364 g/mol. The first kappa shape index (κ1) is 16.6. The smallest absolute Gasteiger partial charge is 0.291 e. The summed E-state index contributed by atoms with van der Waals surface area (Å²) in [5, 5.41) is 3.26. The molecule has 0 aliphatic carbocycles. The van der Waals surface area contributed by atoms with E-state index in [-0.39, 0.29) is 10.8 Å². The first-order chi connectivity index (χ1) is 11.4. The van der Waals surface area contributed by atoms with Crippen LogP contribution >= 0.6 is 23.2 Å². The van der Waals surface area contributed by atoms with Crippen molar-refractivity contribution in [3.05, 3.63) is 75.7 Å². The fourth-order valence-corrected chi connectivity index (χ4v) is 2.53. The van der Waals surface area contributed by atoms with Crippen LogP contribution in [0.2, 0.25) is 10.0 Å². The minimum atomic E-state index is -0.513. The van der Waals surface area contributed by atoms with Gasteiger partial charge < -0.3 is 9.73 Å². The molecule has 2 aromatic carbocycles. The first-order valence-corrected chi connectivity index (χ1v) is 7.82. The van der Waals surface area contributed by atoms with Gasteiger partial charge in [-0.15, -0.1) is 0 Å². The summed E-state index contributed by atoms with van der Waals surface area (Å²) in [6.45, 7) is 1.86. The molecule has 1 N–H and O–H groups in total. The Balaban J connectivity index is 1.83. The molecule has 0 bridgehead atoms. The molecular weight excluding hydrogens is 352 g/mol. The van der Waals surface area contributed by atoms with E-state index in [9.17, 15) is 9.18 Å². The van der Waals surface area contributed by atoms with Crippen LogP contribution in [0.3, 0.4) is 0 Å². The molecule has 0 aliphatic heterocycles. The average Bonchev–Trinajstić information content (AvgIpc) is 3.03. The van der Waals surface area contributed by atoms with Crippen LogP contribution in [0.1, 0.15) is 16.1 Å². The Labute approximate surface area is 148 Å². The summed E-state index contributed by atoms with van der Waals surface area (Å²) in [6, 6.07) is 12.6. The molecule has 0 aliphatic rings. The van der Waals surface area contributed by atoms with Gasteiger partial charge in [-0.2, -0.15) is 0 Å². The number of carbonyl (C=O) groups excluding carboxylic acids is 1. The van der Waals surface area contributed by atoms with Crippen molar-refractivity contribution in [1.29, 1.82) is 0 Å². The highest BCUT2D eigenvalue weighted by Gasteiger charge is 2.14. The third-order valence-electron chi connectivity index (χ3n) is 3.48. The van der Waals surface area contributed by atoms with E-state index >= 15 is 0 Å². The monoisotopic (exact) mass is 363 g/mol. The summed E-state index contributed by atoms with van der Waals surface area (Å²) in [7, 11) is 0. The van der Waals surface area contributed by atoms with E-state index in [1.54, 1.807) is 24.3 Å². The van der Waals surface area contributed by atoms with Crippen LogP contribution in [0.5, 0.6) is 0 Å². The number of amides is 1. The number of carbonyl (C=O) groups is 1. The topological polar surface area (TPSA) is 42.2 Å². The normalized spacial score (nSPS) is 10.7. The number of anilines is 1. The Morgan fingerprint density at radius 2 is 1.88 bits per heavy atom. The molecule has 122 valence electrons. The lowest BCUT2D eigenvalue weighted by molar-refractivity contribution is 0.0997. The van der Waals surface area contributed by atoms with Crippen molar-refractivity contribution in [1.82, 2.24) is 0 Å². The zero-order valence-corrected chi connectivity index (χ0v) is 14.1. The predicted molar refractivity (Wildman–Crippen MR) is 93.3 cm³/mol. The highest BCUT2D eigenvalue weighted by atomic mass is 35.5. The van der Waals surface area contributed by atoms with Gasteiger partial charge >= 0.3 is 0 Å². The van der Waals surface area contributed by atoms with E-state index in [0.717, 1.165) is 5.56 Å². The maximum atomic E-state index is 13.2. The largest absolute Gasteiger partial charge is 0.451 e. The van der Waals surface area contributed by atoms with Crippen molar-refractivity contribution in [3.8, 4) is 11.3 Å². The molecule has 1 aromatic heterocycles.